The lowest BCUT2D eigenvalue weighted by molar-refractivity contribution is 0.101. The Balaban J connectivity index is 1.87. The van der Waals surface area contributed by atoms with Crippen molar-refractivity contribution in [2.24, 2.45) is 0 Å². The number of fused-ring (bicyclic) bond motifs is 1. The van der Waals surface area contributed by atoms with E-state index in [0.29, 0.717) is 5.69 Å². The number of H-pyrrole nitrogens is 1. The molecular formula is C14H13BrN4O. The molecule has 5 nitrogen and oxygen atoms in total. The average molecular weight is 333 g/mol. The average Bonchev–Trinajstić information content (AvgIpc) is 3.03. The van der Waals surface area contributed by atoms with Gasteiger partial charge in [0, 0.05) is 28.3 Å². The Morgan fingerprint density at radius 1 is 1.45 bits per heavy atom. The lowest BCUT2D eigenvalue weighted by Gasteiger charge is -2.07. The summed E-state index contributed by atoms with van der Waals surface area (Å²) in [7, 11) is 0. The highest BCUT2D eigenvalue weighted by molar-refractivity contribution is 9.10. The van der Waals surface area contributed by atoms with Gasteiger partial charge in [-0.3, -0.25) is 9.89 Å². The van der Waals surface area contributed by atoms with Crippen LogP contribution in [0.1, 0.15) is 17.4 Å². The summed E-state index contributed by atoms with van der Waals surface area (Å²) in [6.45, 7) is 2.75. The zero-order valence-electron chi connectivity index (χ0n) is 10.9. The number of hydrogen-bond donors (Lipinski definition) is 2. The van der Waals surface area contributed by atoms with Gasteiger partial charge in [0.05, 0.1) is 11.7 Å². The molecule has 0 aliphatic heterocycles. The second-order valence-corrected chi connectivity index (χ2v) is 5.37. The second kappa shape index (κ2) is 5.13. The van der Waals surface area contributed by atoms with E-state index in [1.807, 2.05) is 42.0 Å². The number of aromatic amines is 1. The molecule has 0 saturated heterocycles. The Morgan fingerprint density at radius 2 is 2.30 bits per heavy atom. The molecule has 20 heavy (non-hydrogen) atoms. The van der Waals surface area contributed by atoms with Crippen LogP contribution in [-0.4, -0.2) is 20.7 Å². The fraction of sp³-hybridized carbons (Fsp3) is 0.143. The first kappa shape index (κ1) is 12.9. The molecular weight excluding hydrogens is 320 g/mol. The van der Waals surface area contributed by atoms with Crippen molar-refractivity contribution in [3.8, 4) is 0 Å². The van der Waals surface area contributed by atoms with E-state index >= 15 is 0 Å². The van der Waals surface area contributed by atoms with Crippen LogP contribution in [0.3, 0.4) is 0 Å². The van der Waals surface area contributed by atoms with Crippen LogP contribution < -0.4 is 5.32 Å². The number of carbonyl (C=O) groups is 1. The first-order valence-corrected chi connectivity index (χ1v) is 7.07. The molecule has 0 aliphatic rings. The van der Waals surface area contributed by atoms with Gasteiger partial charge in [-0.2, -0.15) is 5.10 Å². The highest BCUT2D eigenvalue weighted by Crippen LogP contribution is 2.19. The Bertz CT molecular complexity index is 774. The largest absolute Gasteiger partial charge is 0.343 e. The molecule has 102 valence electrons. The van der Waals surface area contributed by atoms with E-state index in [9.17, 15) is 4.79 Å². The van der Waals surface area contributed by atoms with Crippen LogP contribution in [-0.2, 0) is 6.54 Å². The lowest BCUT2D eigenvalue weighted by Crippen LogP contribution is -2.16. The predicted molar refractivity (Wildman–Crippen MR) is 81.9 cm³/mol. The van der Waals surface area contributed by atoms with Crippen LogP contribution in [0.15, 0.2) is 41.1 Å². The van der Waals surface area contributed by atoms with Crippen molar-refractivity contribution in [3.63, 3.8) is 0 Å². The zero-order valence-corrected chi connectivity index (χ0v) is 12.4. The van der Waals surface area contributed by atoms with Crippen LogP contribution >= 0.6 is 15.9 Å². The van der Waals surface area contributed by atoms with E-state index < -0.39 is 0 Å². The monoisotopic (exact) mass is 332 g/mol. The molecule has 0 unspecified atom stereocenters. The van der Waals surface area contributed by atoms with Crippen LogP contribution in [0.2, 0.25) is 0 Å². The highest BCUT2D eigenvalue weighted by atomic mass is 79.9. The van der Waals surface area contributed by atoms with Crippen molar-refractivity contribution in [1.29, 1.82) is 0 Å². The number of anilines is 1. The number of hydrogen-bond acceptors (Lipinski definition) is 2. The van der Waals surface area contributed by atoms with E-state index in [0.717, 1.165) is 27.6 Å². The second-order valence-electron chi connectivity index (χ2n) is 4.46. The van der Waals surface area contributed by atoms with Crippen LogP contribution in [0.4, 0.5) is 5.69 Å². The maximum Gasteiger partial charge on any atom is 0.272 e. The summed E-state index contributed by atoms with van der Waals surface area (Å²) in [4.78, 5) is 12.3. The number of carbonyl (C=O) groups excluding carboxylic acids is 1. The molecule has 1 amide bonds. The molecule has 2 aromatic heterocycles. The van der Waals surface area contributed by atoms with Crippen molar-refractivity contribution in [2.75, 3.05) is 5.32 Å². The fourth-order valence-electron chi connectivity index (χ4n) is 2.14. The van der Waals surface area contributed by atoms with Gasteiger partial charge >= 0.3 is 0 Å². The summed E-state index contributed by atoms with van der Waals surface area (Å²) in [6.07, 6.45) is 3.63. The molecule has 0 radical (unpaired) electrons. The molecule has 3 aromatic rings. The van der Waals surface area contributed by atoms with Gasteiger partial charge in [-0.15, -0.1) is 0 Å². The standard InChI is InChI=1S/C14H13BrN4O/c1-2-19-8-10(15)6-13(19)14(20)17-11-3-4-12-9(5-11)7-16-18-12/h3-8H,2H2,1H3,(H,16,18)(H,17,20). The zero-order chi connectivity index (χ0) is 14.1. The normalized spacial score (nSPS) is 10.9. The van der Waals surface area contributed by atoms with Gasteiger partial charge in [0.2, 0.25) is 0 Å². The Hall–Kier alpha value is -2.08. The number of rotatable bonds is 3. The van der Waals surface area contributed by atoms with E-state index in [4.69, 9.17) is 0 Å². The Labute approximate surface area is 124 Å². The summed E-state index contributed by atoms with van der Waals surface area (Å²) in [6, 6.07) is 7.46. The van der Waals surface area contributed by atoms with Crippen LogP contribution in [0.25, 0.3) is 10.9 Å². The first-order chi connectivity index (χ1) is 9.67. The van der Waals surface area contributed by atoms with E-state index in [1.165, 1.54) is 0 Å². The molecule has 6 heteroatoms. The molecule has 0 fully saturated rings. The molecule has 0 spiro atoms. The van der Waals surface area contributed by atoms with Gasteiger partial charge in [-0.1, -0.05) is 0 Å². The molecule has 2 N–H and O–H groups in total. The topological polar surface area (TPSA) is 62.7 Å². The number of aryl methyl sites for hydroxylation is 1. The number of amides is 1. The summed E-state index contributed by atoms with van der Waals surface area (Å²) < 4.78 is 2.80. The minimum absolute atomic E-state index is 0.125. The number of nitrogens with one attached hydrogen (secondary N) is 2. The molecule has 0 saturated carbocycles. The van der Waals surface area contributed by atoms with Gasteiger partial charge in [0.25, 0.3) is 5.91 Å². The summed E-state index contributed by atoms with van der Waals surface area (Å²) in [5.74, 6) is -0.125. The molecule has 3 rings (SSSR count). The number of benzene rings is 1. The summed E-state index contributed by atoms with van der Waals surface area (Å²) >= 11 is 3.39. The Morgan fingerprint density at radius 3 is 3.10 bits per heavy atom. The highest BCUT2D eigenvalue weighted by Gasteiger charge is 2.12. The third-order valence-electron chi connectivity index (χ3n) is 3.13. The van der Waals surface area contributed by atoms with Gasteiger partial charge in [0.1, 0.15) is 5.69 Å². The van der Waals surface area contributed by atoms with Crippen molar-refractivity contribution in [1.82, 2.24) is 14.8 Å². The molecule has 2 heterocycles. The SMILES string of the molecule is CCn1cc(Br)cc1C(=O)Nc1ccc2[nH]ncc2c1. The smallest absolute Gasteiger partial charge is 0.272 e. The third kappa shape index (κ3) is 2.34. The third-order valence-corrected chi connectivity index (χ3v) is 3.57. The van der Waals surface area contributed by atoms with Crippen LogP contribution in [0, 0.1) is 0 Å². The summed E-state index contributed by atoms with van der Waals surface area (Å²) in [5, 5.41) is 10.7. The maximum absolute atomic E-state index is 12.3. The molecule has 0 bridgehead atoms. The van der Waals surface area contributed by atoms with Crippen LogP contribution in [0.5, 0.6) is 0 Å². The maximum atomic E-state index is 12.3. The van der Waals surface area contributed by atoms with Gasteiger partial charge in [-0.05, 0) is 47.1 Å². The number of aromatic nitrogens is 3. The number of nitrogens with zero attached hydrogens (tertiary/aromatic N) is 2. The first-order valence-electron chi connectivity index (χ1n) is 6.27. The lowest BCUT2D eigenvalue weighted by atomic mass is 10.2. The van der Waals surface area contributed by atoms with Gasteiger partial charge < -0.3 is 9.88 Å². The molecule has 0 aliphatic carbocycles. The van der Waals surface area contributed by atoms with Crippen molar-refractivity contribution < 1.29 is 4.79 Å². The van der Waals surface area contributed by atoms with E-state index in [-0.39, 0.29) is 5.91 Å². The minimum atomic E-state index is -0.125. The summed E-state index contributed by atoms with van der Waals surface area (Å²) in [5.41, 5.74) is 2.33. The van der Waals surface area contributed by atoms with Crippen molar-refractivity contribution >= 4 is 38.4 Å². The fourth-order valence-corrected chi connectivity index (χ4v) is 2.61. The van der Waals surface area contributed by atoms with Crippen molar-refractivity contribution in [2.45, 2.75) is 13.5 Å². The van der Waals surface area contributed by atoms with Gasteiger partial charge in [-0.25, -0.2) is 0 Å². The van der Waals surface area contributed by atoms with Crippen molar-refractivity contribution in [3.05, 3.63) is 46.8 Å². The quantitative estimate of drug-likeness (QED) is 0.772. The number of halogens is 1. The van der Waals surface area contributed by atoms with E-state index in [1.54, 1.807) is 6.20 Å². The molecule has 0 atom stereocenters. The molecule has 1 aromatic carbocycles. The van der Waals surface area contributed by atoms with E-state index in [2.05, 4.69) is 31.4 Å². The van der Waals surface area contributed by atoms with Gasteiger partial charge in [0.15, 0.2) is 0 Å². The Kier molecular flexibility index (Phi) is 3.31. The predicted octanol–water partition coefficient (Wildman–Crippen LogP) is 3.40. The minimum Gasteiger partial charge on any atom is -0.343 e.